The van der Waals surface area contributed by atoms with E-state index < -0.39 is 0 Å². The summed E-state index contributed by atoms with van der Waals surface area (Å²) in [4.78, 5) is 4.29. The van der Waals surface area contributed by atoms with Crippen LogP contribution in [0.15, 0.2) is 58.0 Å². The van der Waals surface area contributed by atoms with Crippen molar-refractivity contribution in [3.63, 3.8) is 0 Å². The fraction of sp³-hybridized carbons (Fsp3) is 0.0667. The van der Waals surface area contributed by atoms with Gasteiger partial charge < -0.3 is 4.42 Å². The van der Waals surface area contributed by atoms with Crippen molar-refractivity contribution < 1.29 is 4.42 Å². The molecule has 2 aromatic carbocycles. The molecule has 0 radical (unpaired) electrons. The Kier molecular flexibility index (Phi) is 3.39. The van der Waals surface area contributed by atoms with Crippen LogP contribution in [0.5, 0.6) is 0 Å². The molecule has 0 aliphatic heterocycles. The van der Waals surface area contributed by atoms with Gasteiger partial charge in [-0.2, -0.15) is 10.1 Å². The summed E-state index contributed by atoms with van der Waals surface area (Å²) in [6.07, 6.45) is 0. The molecule has 0 amide bonds. The molecular weight excluding hydrogens is 274 g/mol. The van der Waals surface area contributed by atoms with Gasteiger partial charge in [-0.25, -0.2) is 5.43 Å². The highest BCUT2D eigenvalue weighted by Gasteiger charge is 2.04. The Balaban J connectivity index is 1.80. The Morgan fingerprint density at radius 2 is 1.90 bits per heavy atom. The van der Waals surface area contributed by atoms with E-state index in [1.54, 1.807) is 0 Å². The third kappa shape index (κ3) is 2.65. The van der Waals surface area contributed by atoms with Crippen molar-refractivity contribution in [2.75, 3.05) is 5.43 Å². The molecule has 0 aliphatic carbocycles. The molecule has 0 bridgehead atoms. The Morgan fingerprint density at radius 3 is 2.65 bits per heavy atom. The Labute approximate surface area is 121 Å². The van der Waals surface area contributed by atoms with Crippen molar-refractivity contribution in [1.29, 1.82) is 0 Å². The second-order valence-corrected chi connectivity index (χ2v) is 4.74. The van der Waals surface area contributed by atoms with E-state index in [1.807, 2.05) is 55.5 Å². The molecule has 0 fully saturated rings. The lowest BCUT2D eigenvalue weighted by Gasteiger charge is -2.00. The molecule has 1 heterocycles. The van der Waals surface area contributed by atoms with Crippen LogP contribution >= 0.6 is 11.6 Å². The van der Waals surface area contributed by atoms with Gasteiger partial charge in [0.2, 0.25) is 0 Å². The van der Waals surface area contributed by atoms with Crippen LogP contribution < -0.4 is 5.43 Å². The summed E-state index contributed by atoms with van der Waals surface area (Å²) in [5.41, 5.74) is 6.16. The van der Waals surface area contributed by atoms with E-state index in [-0.39, 0.29) is 0 Å². The third-order valence-corrected chi connectivity index (χ3v) is 3.13. The van der Waals surface area contributed by atoms with Gasteiger partial charge in [-0.05, 0) is 36.8 Å². The van der Waals surface area contributed by atoms with E-state index in [0.29, 0.717) is 11.0 Å². The van der Waals surface area contributed by atoms with E-state index in [2.05, 4.69) is 15.5 Å². The first-order chi connectivity index (χ1) is 9.72. The zero-order valence-electron chi connectivity index (χ0n) is 10.8. The van der Waals surface area contributed by atoms with Crippen LogP contribution in [-0.4, -0.2) is 10.7 Å². The summed E-state index contributed by atoms with van der Waals surface area (Å²) >= 11 is 5.85. The molecule has 3 rings (SSSR count). The smallest absolute Gasteiger partial charge is 0.316 e. The third-order valence-electron chi connectivity index (χ3n) is 2.88. The van der Waals surface area contributed by atoms with Gasteiger partial charge >= 0.3 is 6.01 Å². The van der Waals surface area contributed by atoms with Crippen LogP contribution in [0.3, 0.4) is 0 Å². The summed E-state index contributed by atoms with van der Waals surface area (Å²) in [5, 5.41) is 4.96. The summed E-state index contributed by atoms with van der Waals surface area (Å²) < 4.78 is 5.52. The number of oxazole rings is 1. The maximum atomic E-state index is 5.85. The van der Waals surface area contributed by atoms with Gasteiger partial charge in [0.05, 0.1) is 5.71 Å². The molecule has 0 saturated heterocycles. The number of aromatic nitrogens is 1. The summed E-state index contributed by atoms with van der Waals surface area (Å²) in [6, 6.07) is 15.4. The second-order valence-electron chi connectivity index (χ2n) is 4.30. The minimum Gasteiger partial charge on any atom is -0.422 e. The summed E-state index contributed by atoms with van der Waals surface area (Å²) in [5.74, 6) is 0. The van der Waals surface area contributed by atoms with Gasteiger partial charge in [-0.3, -0.25) is 0 Å². The average Bonchev–Trinajstić information content (AvgIpc) is 2.88. The van der Waals surface area contributed by atoms with Crippen LogP contribution in [0.2, 0.25) is 5.02 Å². The van der Waals surface area contributed by atoms with E-state index >= 15 is 0 Å². The largest absolute Gasteiger partial charge is 0.422 e. The summed E-state index contributed by atoms with van der Waals surface area (Å²) in [7, 11) is 0. The molecule has 100 valence electrons. The number of hydrogen-bond donors (Lipinski definition) is 1. The number of fused-ring (bicyclic) bond motifs is 1. The molecule has 0 atom stereocenters. The number of halogens is 1. The van der Waals surface area contributed by atoms with Gasteiger partial charge in [-0.15, -0.1) is 0 Å². The molecule has 0 aliphatic rings. The first kappa shape index (κ1) is 12.7. The highest BCUT2D eigenvalue weighted by Crippen LogP contribution is 2.18. The maximum absolute atomic E-state index is 5.85. The maximum Gasteiger partial charge on any atom is 0.316 e. The molecule has 0 saturated carbocycles. The molecule has 0 spiro atoms. The van der Waals surface area contributed by atoms with Crippen molar-refractivity contribution in [2.45, 2.75) is 6.92 Å². The van der Waals surface area contributed by atoms with Gasteiger partial charge in [0, 0.05) is 5.02 Å². The van der Waals surface area contributed by atoms with Crippen LogP contribution in [0.4, 0.5) is 6.01 Å². The first-order valence-corrected chi connectivity index (χ1v) is 6.52. The number of anilines is 1. The number of hydrazone groups is 1. The zero-order valence-corrected chi connectivity index (χ0v) is 11.6. The normalized spacial score (nSPS) is 11.8. The van der Waals surface area contributed by atoms with Gasteiger partial charge in [-0.1, -0.05) is 35.9 Å². The lowest BCUT2D eigenvalue weighted by atomic mass is 10.1. The minimum absolute atomic E-state index is 0.375. The molecule has 5 heteroatoms. The average molecular weight is 286 g/mol. The van der Waals surface area contributed by atoms with Crippen molar-refractivity contribution in [2.24, 2.45) is 5.10 Å². The Hall–Kier alpha value is -2.33. The molecule has 20 heavy (non-hydrogen) atoms. The number of nitrogens with one attached hydrogen (secondary N) is 1. The number of hydrogen-bond acceptors (Lipinski definition) is 4. The summed E-state index contributed by atoms with van der Waals surface area (Å²) in [6.45, 7) is 1.90. The highest BCUT2D eigenvalue weighted by atomic mass is 35.5. The van der Waals surface area contributed by atoms with Gasteiger partial charge in [0.25, 0.3) is 0 Å². The quantitative estimate of drug-likeness (QED) is 0.576. The number of benzene rings is 2. The zero-order chi connectivity index (χ0) is 13.9. The molecule has 4 nitrogen and oxygen atoms in total. The standard InChI is InChI=1S/C15H12ClN3O/c1-10(11-6-8-12(16)9-7-11)18-19-15-17-13-4-2-3-5-14(13)20-15/h2-9H,1H3,(H,17,19)/b18-10-. The van der Waals surface area contributed by atoms with Crippen LogP contribution in [-0.2, 0) is 0 Å². The van der Waals surface area contributed by atoms with Crippen molar-refractivity contribution in [3.05, 3.63) is 59.1 Å². The Bertz CT molecular complexity index is 729. The van der Waals surface area contributed by atoms with Crippen LogP contribution in [0.25, 0.3) is 11.1 Å². The van der Waals surface area contributed by atoms with E-state index in [0.717, 1.165) is 22.4 Å². The van der Waals surface area contributed by atoms with Gasteiger partial charge in [0.1, 0.15) is 5.52 Å². The SMILES string of the molecule is C/C(=N/Nc1nc2ccccc2o1)c1ccc(Cl)cc1. The molecule has 3 aromatic rings. The van der Waals surface area contributed by atoms with Crippen molar-refractivity contribution >= 4 is 34.4 Å². The monoisotopic (exact) mass is 285 g/mol. The first-order valence-electron chi connectivity index (χ1n) is 6.14. The molecule has 1 N–H and O–H groups in total. The topological polar surface area (TPSA) is 50.4 Å². The highest BCUT2D eigenvalue weighted by molar-refractivity contribution is 6.30. The number of rotatable bonds is 3. The van der Waals surface area contributed by atoms with Crippen molar-refractivity contribution in [1.82, 2.24) is 4.98 Å². The van der Waals surface area contributed by atoms with E-state index in [9.17, 15) is 0 Å². The van der Waals surface area contributed by atoms with Crippen molar-refractivity contribution in [3.8, 4) is 0 Å². The lowest BCUT2D eigenvalue weighted by molar-refractivity contribution is 0.617. The minimum atomic E-state index is 0.375. The second kappa shape index (κ2) is 5.35. The number of nitrogens with zero attached hydrogens (tertiary/aromatic N) is 2. The molecule has 1 aromatic heterocycles. The predicted molar refractivity (Wildman–Crippen MR) is 81.3 cm³/mol. The van der Waals surface area contributed by atoms with Crippen LogP contribution in [0, 0.1) is 0 Å². The predicted octanol–water partition coefficient (Wildman–Crippen LogP) is 4.32. The fourth-order valence-corrected chi connectivity index (χ4v) is 1.93. The van der Waals surface area contributed by atoms with E-state index in [4.69, 9.17) is 16.0 Å². The van der Waals surface area contributed by atoms with Crippen LogP contribution in [0.1, 0.15) is 12.5 Å². The molecular formula is C15H12ClN3O. The fourth-order valence-electron chi connectivity index (χ4n) is 1.81. The number of para-hydroxylation sites is 2. The lowest BCUT2D eigenvalue weighted by Crippen LogP contribution is -1.99. The molecule has 0 unspecified atom stereocenters. The van der Waals surface area contributed by atoms with Gasteiger partial charge in [0.15, 0.2) is 5.58 Å². The Morgan fingerprint density at radius 1 is 1.15 bits per heavy atom. The van der Waals surface area contributed by atoms with E-state index in [1.165, 1.54) is 0 Å².